The average Bonchev–Trinajstić information content (AvgIpc) is 3.56. The van der Waals surface area contributed by atoms with Crippen LogP contribution in [0.25, 0.3) is 0 Å². The molecule has 2 unspecified atom stereocenters. The van der Waals surface area contributed by atoms with Crippen LogP contribution in [0.1, 0.15) is 45.7 Å². The van der Waals surface area contributed by atoms with Crippen LogP contribution in [0.3, 0.4) is 0 Å². The summed E-state index contributed by atoms with van der Waals surface area (Å²) < 4.78 is 34.8. The molecule has 5 rings (SSSR count). The largest absolute Gasteiger partial charge is 0.461 e. The SMILES string of the molecule is CCOC(=O)c1[nH]c(C)c(S(=O)(=O)N2CC(c3ccc(C#N)cc3)C3(C2)C(=O)N(c2cc(Cl)cc(Cl)c2)C(=O)N3C)c1C. The molecule has 3 amide bonds. The summed E-state index contributed by atoms with van der Waals surface area (Å²) in [5.74, 6) is -2.16. The smallest absolute Gasteiger partial charge is 0.355 e. The molecule has 3 aromatic rings. The highest BCUT2D eigenvalue weighted by atomic mass is 35.5. The van der Waals surface area contributed by atoms with Gasteiger partial charge in [-0.3, -0.25) is 4.79 Å². The fourth-order valence-electron chi connectivity index (χ4n) is 6.01. The van der Waals surface area contributed by atoms with E-state index in [1.807, 2.05) is 6.07 Å². The number of nitrogens with zero attached hydrogens (tertiary/aromatic N) is 4. The van der Waals surface area contributed by atoms with Crippen molar-refractivity contribution in [2.75, 3.05) is 31.6 Å². The van der Waals surface area contributed by atoms with Gasteiger partial charge in [0.05, 0.1) is 23.9 Å². The van der Waals surface area contributed by atoms with Crippen LogP contribution in [-0.4, -0.2) is 72.8 Å². The second-order valence-corrected chi connectivity index (χ2v) is 13.2. The van der Waals surface area contributed by atoms with E-state index in [-0.39, 0.29) is 57.3 Å². The maximum Gasteiger partial charge on any atom is 0.355 e. The number of hydrogen-bond acceptors (Lipinski definition) is 7. The fraction of sp³-hybridized carbons (Fsp3) is 0.310. The fourth-order valence-corrected chi connectivity index (χ4v) is 8.42. The number of esters is 1. The van der Waals surface area contributed by atoms with Gasteiger partial charge in [-0.15, -0.1) is 0 Å². The first-order valence-corrected chi connectivity index (χ1v) is 15.4. The molecule has 1 spiro atoms. The highest BCUT2D eigenvalue weighted by Crippen LogP contribution is 2.48. The third-order valence-corrected chi connectivity index (χ3v) is 10.5. The lowest BCUT2D eigenvalue weighted by Gasteiger charge is -2.33. The van der Waals surface area contributed by atoms with Crippen molar-refractivity contribution in [3.63, 3.8) is 0 Å². The number of imide groups is 1. The zero-order chi connectivity index (χ0) is 31.4. The molecular formula is C29H27Cl2N5O6S. The number of carbonyl (C=O) groups is 3. The number of benzene rings is 2. The predicted molar refractivity (Wildman–Crippen MR) is 159 cm³/mol. The minimum Gasteiger partial charge on any atom is -0.461 e. The average molecular weight is 645 g/mol. The lowest BCUT2D eigenvalue weighted by atomic mass is 9.80. The first-order chi connectivity index (χ1) is 20.3. The van der Waals surface area contributed by atoms with Crippen LogP contribution in [-0.2, 0) is 19.6 Å². The van der Waals surface area contributed by atoms with E-state index in [1.54, 1.807) is 31.2 Å². The van der Waals surface area contributed by atoms with Gasteiger partial charge < -0.3 is 14.6 Å². The molecular weight excluding hydrogens is 617 g/mol. The lowest BCUT2D eigenvalue weighted by Crippen LogP contribution is -2.54. The van der Waals surface area contributed by atoms with Gasteiger partial charge in [-0.05, 0) is 56.7 Å². The number of aromatic amines is 1. The molecule has 2 saturated heterocycles. The van der Waals surface area contributed by atoms with E-state index in [9.17, 15) is 28.1 Å². The second-order valence-electron chi connectivity index (χ2n) is 10.4. The number of urea groups is 1. The molecule has 11 nitrogen and oxygen atoms in total. The van der Waals surface area contributed by atoms with E-state index < -0.39 is 39.4 Å². The molecule has 224 valence electrons. The number of amides is 3. The number of hydrogen-bond donors (Lipinski definition) is 1. The molecule has 2 aromatic carbocycles. The van der Waals surface area contributed by atoms with Crippen molar-refractivity contribution in [1.29, 1.82) is 5.26 Å². The number of rotatable bonds is 6. The van der Waals surface area contributed by atoms with E-state index in [0.717, 1.165) is 9.21 Å². The van der Waals surface area contributed by atoms with Crippen LogP contribution in [0.5, 0.6) is 0 Å². The molecule has 2 aliphatic rings. The van der Waals surface area contributed by atoms with Crippen molar-refractivity contribution in [3.8, 4) is 6.07 Å². The Morgan fingerprint density at radius 2 is 1.77 bits per heavy atom. The topological polar surface area (TPSA) is 144 Å². The Bertz CT molecular complexity index is 1800. The van der Waals surface area contributed by atoms with Crippen LogP contribution >= 0.6 is 23.2 Å². The van der Waals surface area contributed by atoms with Gasteiger partial charge in [-0.2, -0.15) is 9.57 Å². The molecule has 1 aromatic heterocycles. The Morgan fingerprint density at radius 1 is 1.14 bits per heavy atom. The minimum absolute atomic E-state index is 0.0173. The maximum absolute atomic E-state index is 14.4. The first-order valence-electron chi connectivity index (χ1n) is 13.2. The summed E-state index contributed by atoms with van der Waals surface area (Å²) in [5, 5.41) is 9.74. The standard InChI is InChI=1S/C29H27Cl2N5O6S/c1-5-42-26(37)24-16(2)25(17(3)33-24)43(40,41)35-14-23(19-8-6-18(13-32)7-9-19)29(15-35)27(38)36(28(39)34(29)4)22-11-20(30)10-21(31)12-22/h6-12,23,33H,5,14-15H2,1-4H3. The number of ether oxygens (including phenoxy) is 1. The molecule has 2 atom stereocenters. The van der Waals surface area contributed by atoms with Crippen molar-refractivity contribution >= 4 is 56.8 Å². The maximum atomic E-state index is 14.4. The minimum atomic E-state index is -4.31. The summed E-state index contributed by atoms with van der Waals surface area (Å²) in [4.78, 5) is 45.6. The summed E-state index contributed by atoms with van der Waals surface area (Å²) in [5.41, 5.74) is -0.141. The monoisotopic (exact) mass is 643 g/mol. The number of sulfonamides is 1. The molecule has 1 N–H and O–H groups in total. The molecule has 0 saturated carbocycles. The van der Waals surface area contributed by atoms with Gasteiger partial charge >= 0.3 is 12.0 Å². The Morgan fingerprint density at radius 3 is 2.35 bits per heavy atom. The number of likely N-dealkylation sites (N-methyl/N-ethyl adjacent to an activating group) is 1. The van der Waals surface area contributed by atoms with Crippen molar-refractivity contribution in [2.45, 2.75) is 37.1 Å². The van der Waals surface area contributed by atoms with Crippen LogP contribution in [0.2, 0.25) is 10.0 Å². The number of aromatic nitrogens is 1. The highest BCUT2D eigenvalue weighted by Gasteiger charge is 2.66. The molecule has 2 aliphatic heterocycles. The number of carbonyl (C=O) groups excluding carboxylic acids is 3. The van der Waals surface area contributed by atoms with E-state index >= 15 is 0 Å². The van der Waals surface area contributed by atoms with Crippen LogP contribution in [0.15, 0.2) is 47.4 Å². The van der Waals surface area contributed by atoms with Crippen LogP contribution < -0.4 is 4.90 Å². The summed E-state index contributed by atoms with van der Waals surface area (Å²) in [6.45, 7) is 4.26. The summed E-state index contributed by atoms with van der Waals surface area (Å²) >= 11 is 12.4. The summed E-state index contributed by atoms with van der Waals surface area (Å²) in [7, 11) is -2.86. The molecule has 0 radical (unpaired) electrons. The summed E-state index contributed by atoms with van der Waals surface area (Å²) in [6, 6.07) is 12.1. The van der Waals surface area contributed by atoms with Gasteiger partial charge in [0.25, 0.3) is 5.91 Å². The number of aryl methyl sites for hydroxylation is 1. The van der Waals surface area contributed by atoms with Crippen LogP contribution in [0, 0.1) is 25.2 Å². The molecule has 2 fully saturated rings. The van der Waals surface area contributed by atoms with E-state index in [1.165, 1.54) is 44.0 Å². The molecule has 43 heavy (non-hydrogen) atoms. The number of nitriles is 1. The van der Waals surface area contributed by atoms with Gasteiger partial charge in [0.1, 0.15) is 16.1 Å². The van der Waals surface area contributed by atoms with Crippen LogP contribution in [0.4, 0.5) is 10.5 Å². The first kappa shape index (κ1) is 30.6. The van der Waals surface area contributed by atoms with Gasteiger partial charge in [0.15, 0.2) is 0 Å². The van der Waals surface area contributed by atoms with E-state index in [4.69, 9.17) is 27.9 Å². The Hall–Kier alpha value is -3.89. The number of halogens is 2. The number of anilines is 1. The highest BCUT2D eigenvalue weighted by molar-refractivity contribution is 7.89. The normalized spacial score (nSPS) is 20.7. The van der Waals surface area contributed by atoms with Crippen molar-refractivity contribution in [2.24, 2.45) is 0 Å². The molecule has 3 heterocycles. The molecule has 0 bridgehead atoms. The van der Waals surface area contributed by atoms with Gasteiger partial charge in [-0.25, -0.2) is 22.9 Å². The Kier molecular flexibility index (Phi) is 7.81. The quantitative estimate of drug-likeness (QED) is 0.305. The zero-order valence-corrected chi connectivity index (χ0v) is 26.0. The van der Waals surface area contributed by atoms with Crippen molar-refractivity contribution in [1.82, 2.24) is 14.2 Å². The predicted octanol–water partition coefficient (Wildman–Crippen LogP) is 4.61. The Labute approximate surface area is 258 Å². The van der Waals surface area contributed by atoms with Gasteiger partial charge in [-0.1, -0.05) is 35.3 Å². The van der Waals surface area contributed by atoms with Gasteiger partial charge in [0, 0.05) is 47.4 Å². The number of nitrogens with one attached hydrogen (secondary N) is 1. The second kappa shape index (κ2) is 11.0. The van der Waals surface area contributed by atoms with E-state index in [0.29, 0.717) is 11.1 Å². The van der Waals surface area contributed by atoms with Gasteiger partial charge in [0.2, 0.25) is 10.0 Å². The molecule has 0 aliphatic carbocycles. The summed E-state index contributed by atoms with van der Waals surface area (Å²) in [6.07, 6.45) is 0. The number of H-pyrrole nitrogens is 1. The molecule has 14 heteroatoms. The lowest BCUT2D eigenvalue weighted by molar-refractivity contribution is -0.124. The Balaban J connectivity index is 1.65. The third-order valence-electron chi connectivity index (χ3n) is 8.02. The van der Waals surface area contributed by atoms with E-state index in [2.05, 4.69) is 4.98 Å². The van der Waals surface area contributed by atoms with Crippen molar-refractivity contribution < 1.29 is 27.5 Å². The zero-order valence-electron chi connectivity index (χ0n) is 23.6. The third kappa shape index (κ3) is 4.77. The van der Waals surface area contributed by atoms with Crippen molar-refractivity contribution in [3.05, 3.63) is 80.6 Å².